The highest BCUT2D eigenvalue weighted by atomic mass is 16.5. The highest BCUT2D eigenvalue weighted by Gasteiger charge is 2.29. The van der Waals surface area contributed by atoms with Crippen molar-refractivity contribution in [1.29, 1.82) is 0 Å². The van der Waals surface area contributed by atoms with Gasteiger partial charge < -0.3 is 15.0 Å². The Kier molecular flexibility index (Phi) is 5.53. The summed E-state index contributed by atoms with van der Waals surface area (Å²) in [5.41, 5.74) is 5.47. The summed E-state index contributed by atoms with van der Waals surface area (Å²) in [5, 5.41) is 3.33. The minimum Gasteiger partial charge on any atom is -0.496 e. The normalized spacial score (nSPS) is 15.8. The minimum absolute atomic E-state index is 0.109. The van der Waals surface area contributed by atoms with Gasteiger partial charge in [-0.3, -0.25) is 4.79 Å². The maximum Gasteiger partial charge on any atom is 0.271 e. The van der Waals surface area contributed by atoms with Crippen LogP contribution in [0.3, 0.4) is 0 Å². The summed E-state index contributed by atoms with van der Waals surface area (Å²) in [6, 6.07) is 23.7. The molecule has 1 N–H and O–H groups in total. The quantitative estimate of drug-likeness (QED) is 0.687. The number of carbonyl (C=O) groups is 1. The number of carbonyl (C=O) groups excluding carboxylic acids is 1. The Morgan fingerprint density at radius 1 is 1.03 bits per heavy atom. The van der Waals surface area contributed by atoms with E-state index < -0.39 is 6.17 Å². The summed E-state index contributed by atoms with van der Waals surface area (Å²) < 4.78 is 5.43. The summed E-state index contributed by atoms with van der Waals surface area (Å²) in [5.74, 6) is 0.732. The number of nitrogens with one attached hydrogen (secondary N) is 1. The number of ether oxygens (including phenoxy) is 1. The van der Waals surface area contributed by atoms with Gasteiger partial charge in [-0.15, -0.1) is 0 Å². The molecular weight excluding hydrogens is 374 g/mol. The predicted octanol–water partition coefficient (Wildman–Crippen LogP) is 4.51. The Balaban J connectivity index is 1.79. The lowest BCUT2D eigenvalue weighted by molar-refractivity contribution is -0.118. The van der Waals surface area contributed by atoms with Gasteiger partial charge in [0.1, 0.15) is 5.75 Å². The van der Waals surface area contributed by atoms with Crippen LogP contribution in [0.2, 0.25) is 0 Å². The van der Waals surface area contributed by atoms with Crippen LogP contribution in [-0.4, -0.2) is 31.9 Å². The van der Waals surface area contributed by atoms with Crippen molar-refractivity contribution in [3.05, 3.63) is 89.5 Å². The number of amides is 1. The van der Waals surface area contributed by atoms with Crippen LogP contribution in [0.4, 0.5) is 11.4 Å². The second-order valence-corrected chi connectivity index (χ2v) is 7.19. The van der Waals surface area contributed by atoms with Gasteiger partial charge in [0.15, 0.2) is 6.17 Å². The molecule has 4 rings (SSSR count). The third-order valence-electron chi connectivity index (χ3n) is 5.36. The summed E-state index contributed by atoms with van der Waals surface area (Å²) >= 11 is 0. The monoisotopic (exact) mass is 399 g/mol. The van der Waals surface area contributed by atoms with E-state index in [0.29, 0.717) is 0 Å². The van der Waals surface area contributed by atoms with E-state index in [2.05, 4.69) is 12.2 Å². The molecule has 3 aromatic rings. The summed E-state index contributed by atoms with van der Waals surface area (Å²) in [6.07, 6.45) is 0.0944. The summed E-state index contributed by atoms with van der Waals surface area (Å²) in [4.78, 5) is 19.9. The maximum absolute atomic E-state index is 13.3. The molecule has 0 saturated heterocycles. The molecular formula is C25H25N3O2. The van der Waals surface area contributed by atoms with E-state index in [0.717, 1.165) is 45.9 Å². The smallest absolute Gasteiger partial charge is 0.271 e. The number of benzodiazepines with no additional fused rings is 1. The number of likely N-dealkylation sites (N-methyl/N-ethyl adjacent to an activating group) is 1. The van der Waals surface area contributed by atoms with Crippen LogP contribution in [0, 0.1) is 0 Å². The Morgan fingerprint density at radius 2 is 1.77 bits per heavy atom. The minimum atomic E-state index is -0.740. The molecule has 152 valence electrons. The van der Waals surface area contributed by atoms with Crippen molar-refractivity contribution in [2.75, 3.05) is 24.4 Å². The molecule has 5 heteroatoms. The van der Waals surface area contributed by atoms with Crippen molar-refractivity contribution in [2.45, 2.75) is 19.5 Å². The topological polar surface area (TPSA) is 53.9 Å². The van der Waals surface area contributed by atoms with E-state index in [1.807, 2.05) is 72.8 Å². The molecule has 1 aliphatic heterocycles. The average Bonchev–Trinajstić information content (AvgIpc) is 2.90. The lowest BCUT2D eigenvalue weighted by Gasteiger charge is -2.21. The molecule has 0 spiro atoms. The molecule has 0 aliphatic carbocycles. The van der Waals surface area contributed by atoms with Gasteiger partial charge in [0, 0.05) is 23.9 Å². The van der Waals surface area contributed by atoms with E-state index in [1.165, 1.54) is 0 Å². The molecule has 1 atom stereocenters. The first-order valence-corrected chi connectivity index (χ1v) is 10.1. The third kappa shape index (κ3) is 3.66. The van der Waals surface area contributed by atoms with Crippen molar-refractivity contribution in [1.82, 2.24) is 0 Å². The number of fused-ring (bicyclic) bond motifs is 1. The van der Waals surface area contributed by atoms with Gasteiger partial charge in [-0.25, -0.2) is 4.99 Å². The summed E-state index contributed by atoms with van der Waals surface area (Å²) in [7, 11) is 3.46. The van der Waals surface area contributed by atoms with Gasteiger partial charge in [-0.05, 0) is 36.2 Å². The van der Waals surface area contributed by atoms with Gasteiger partial charge in [0.25, 0.3) is 5.91 Å². The van der Waals surface area contributed by atoms with E-state index in [-0.39, 0.29) is 5.91 Å². The molecule has 0 fully saturated rings. The number of hydrogen-bond donors (Lipinski definition) is 1. The van der Waals surface area contributed by atoms with Gasteiger partial charge in [0.05, 0.1) is 18.5 Å². The van der Waals surface area contributed by atoms with Gasteiger partial charge in [0.2, 0.25) is 0 Å². The van der Waals surface area contributed by atoms with Crippen LogP contribution >= 0.6 is 0 Å². The fourth-order valence-electron chi connectivity index (χ4n) is 3.74. The molecule has 3 aromatic carbocycles. The number of aliphatic imine (C=N–C) groups is 1. The van der Waals surface area contributed by atoms with Gasteiger partial charge in [-0.1, -0.05) is 55.5 Å². The highest BCUT2D eigenvalue weighted by Crippen LogP contribution is 2.29. The fourth-order valence-corrected chi connectivity index (χ4v) is 3.74. The Morgan fingerprint density at radius 3 is 2.50 bits per heavy atom. The standard InChI is InChI=1S/C25H25N3O2/c1-4-17-16-19(14-15-22(17)30-3)26-24-25(29)28(2)21-13-9-8-12-20(21)23(27-24)18-10-6-5-7-11-18/h5-16,24,26H,4H2,1-3H3. The van der Waals surface area contributed by atoms with E-state index in [1.54, 1.807) is 19.1 Å². The van der Waals surface area contributed by atoms with E-state index in [9.17, 15) is 4.79 Å². The second kappa shape index (κ2) is 8.41. The Labute approximate surface area is 177 Å². The molecule has 1 unspecified atom stereocenters. The average molecular weight is 399 g/mol. The summed E-state index contributed by atoms with van der Waals surface area (Å²) in [6.45, 7) is 2.08. The Bertz CT molecular complexity index is 1090. The molecule has 1 amide bonds. The van der Waals surface area contributed by atoms with Crippen LogP contribution in [0.25, 0.3) is 0 Å². The van der Waals surface area contributed by atoms with Crippen molar-refractivity contribution >= 4 is 23.0 Å². The van der Waals surface area contributed by atoms with Crippen molar-refractivity contribution in [2.24, 2.45) is 4.99 Å². The zero-order valence-electron chi connectivity index (χ0n) is 17.4. The van der Waals surface area contributed by atoms with Crippen LogP contribution in [0.15, 0.2) is 77.8 Å². The molecule has 30 heavy (non-hydrogen) atoms. The molecule has 0 bridgehead atoms. The molecule has 0 radical (unpaired) electrons. The molecule has 0 aromatic heterocycles. The molecule has 5 nitrogen and oxygen atoms in total. The van der Waals surface area contributed by atoms with Crippen LogP contribution in [0.1, 0.15) is 23.6 Å². The third-order valence-corrected chi connectivity index (χ3v) is 5.36. The zero-order chi connectivity index (χ0) is 21.1. The highest BCUT2D eigenvalue weighted by molar-refractivity contribution is 6.20. The number of benzene rings is 3. The predicted molar refractivity (Wildman–Crippen MR) is 122 cm³/mol. The number of hydrogen-bond acceptors (Lipinski definition) is 4. The van der Waals surface area contributed by atoms with Crippen LogP contribution in [0.5, 0.6) is 5.75 Å². The van der Waals surface area contributed by atoms with Crippen molar-refractivity contribution in [3.63, 3.8) is 0 Å². The number of methoxy groups -OCH3 is 1. The Hall–Kier alpha value is -3.60. The van der Waals surface area contributed by atoms with Crippen molar-refractivity contribution < 1.29 is 9.53 Å². The zero-order valence-corrected chi connectivity index (χ0v) is 17.4. The fraction of sp³-hybridized carbons (Fsp3) is 0.200. The van der Waals surface area contributed by atoms with E-state index >= 15 is 0 Å². The number of aryl methyl sites for hydroxylation is 1. The first kappa shape index (κ1) is 19.7. The van der Waals surface area contributed by atoms with Gasteiger partial charge in [-0.2, -0.15) is 0 Å². The van der Waals surface area contributed by atoms with Crippen LogP contribution in [-0.2, 0) is 11.2 Å². The first-order valence-electron chi connectivity index (χ1n) is 10.1. The lowest BCUT2D eigenvalue weighted by atomic mass is 10.0. The number of rotatable bonds is 5. The van der Waals surface area contributed by atoms with Crippen molar-refractivity contribution in [3.8, 4) is 5.75 Å². The number of anilines is 2. The van der Waals surface area contributed by atoms with Gasteiger partial charge >= 0.3 is 0 Å². The molecule has 0 saturated carbocycles. The lowest BCUT2D eigenvalue weighted by Crippen LogP contribution is -2.39. The SMILES string of the molecule is CCc1cc(NC2N=C(c3ccccc3)c3ccccc3N(C)C2=O)ccc1OC. The second-order valence-electron chi connectivity index (χ2n) is 7.19. The molecule has 1 aliphatic rings. The molecule has 1 heterocycles. The maximum atomic E-state index is 13.3. The number of para-hydroxylation sites is 1. The van der Waals surface area contributed by atoms with E-state index in [4.69, 9.17) is 9.73 Å². The first-order chi connectivity index (χ1) is 14.6. The van der Waals surface area contributed by atoms with Crippen LogP contribution < -0.4 is 15.0 Å². The number of nitrogens with zero attached hydrogens (tertiary/aromatic N) is 2. The largest absolute Gasteiger partial charge is 0.496 e.